The fourth-order valence-corrected chi connectivity index (χ4v) is 0.714. The van der Waals surface area contributed by atoms with Crippen LogP contribution < -0.4 is 5.32 Å². The van der Waals surface area contributed by atoms with Crippen molar-refractivity contribution in [1.82, 2.24) is 5.32 Å². The Morgan fingerprint density at radius 1 is 1.40 bits per heavy atom. The van der Waals surface area contributed by atoms with Crippen LogP contribution in [0.15, 0.2) is 0 Å². The van der Waals surface area contributed by atoms with Gasteiger partial charge in [-0.25, -0.2) is 10.1 Å². The Balaban J connectivity index is 4.32. The number of hydrogen-bond acceptors (Lipinski definition) is 7. The molecule has 15 heavy (non-hydrogen) atoms. The highest BCUT2D eigenvalue weighted by Crippen LogP contribution is 2.01. The summed E-state index contributed by atoms with van der Waals surface area (Å²) < 4.78 is 3.52. The van der Waals surface area contributed by atoms with Gasteiger partial charge in [-0.3, -0.25) is 4.79 Å². The molecule has 9 nitrogen and oxygen atoms in total. The molecule has 0 aromatic rings. The normalized spacial score (nSPS) is 12.9. The number of carboxylic acids is 1. The summed E-state index contributed by atoms with van der Waals surface area (Å²) in [6.45, 7) is 0. The lowest BCUT2D eigenvalue weighted by Crippen LogP contribution is -2.54. The van der Waals surface area contributed by atoms with Crippen LogP contribution in [0.25, 0.3) is 0 Å². The van der Waals surface area contributed by atoms with E-state index in [-0.39, 0.29) is 6.29 Å². The van der Waals surface area contributed by atoms with Crippen molar-refractivity contribution in [3.05, 3.63) is 0 Å². The number of carboxylic acid groups (broad SMARTS) is 2. The van der Waals surface area contributed by atoms with Gasteiger partial charge in [0.05, 0.1) is 12.5 Å². The van der Waals surface area contributed by atoms with E-state index in [2.05, 4.69) is 4.74 Å². The molecule has 9 heteroatoms. The lowest BCUT2D eigenvalue weighted by molar-refractivity contribution is -0.334. The van der Waals surface area contributed by atoms with Gasteiger partial charge in [-0.2, -0.15) is 0 Å². The van der Waals surface area contributed by atoms with Crippen LogP contribution in [0.4, 0.5) is 4.79 Å². The van der Waals surface area contributed by atoms with Gasteiger partial charge in [-0.15, -0.1) is 0 Å². The smallest absolute Gasteiger partial charge is 0.481 e. The van der Waals surface area contributed by atoms with Crippen LogP contribution in [0, 0.1) is 0 Å². The fourth-order valence-electron chi connectivity index (χ4n) is 0.714. The first-order chi connectivity index (χ1) is 6.76. The van der Waals surface area contributed by atoms with Gasteiger partial charge in [-0.1, -0.05) is 0 Å². The van der Waals surface area contributed by atoms with Gasteiger partial charge < -0.3 is 30.0 Å². The highest BCUT2D eigenvalue weighted by atomic mass is 16.8. The number of aldehydes is 1. The minimum absolute atomic E-state index is 0.0700. The molecule has 0 radical (unpaired) electrons. The average Bonchev–Trinajstić information content (AvgIpc) is 1.98. The molecular weight excluding hydrogens is 214 g/mol. The molecule has 0 aliphatic carbocycles. The molecule has 0 saturated carbocycles. The monoisotopic (exact) mass is 223 g/mol. The highest BCUT2D eigenvalue weighted by Gasteiger charge is 2.32. The summed E-state index contributed by atoms with van der Waals surface area (Å²) in [5.74, 6) is -1.38. The zero-order valence-electron chi connectivity index (χ0n) is 7.28. The van der Waals surface area contributed by atoms with E-state index >= 15 is 0 Å². The summed E-state index contributed by atoms with van der Waals surface area (Å²) in [6.07, 6.45) is -6.00. The van der Waals surface area contributed by atoms with Crippen LogP contribution in [0.5, 0.6) is 0 Å². The van der Waals surface area contributed by atoms with E-state index in [1.165, 1.54) is 0 Å². The third-order valence-electron chi connectivity index (χ3n) is 1.16. The van der Waals surface area contributed by atoms with Crippen molar-refractivity contribution in [3.63, 3.8) is 0 Å². The number of ether oxygens (including phenoxy) is 1. The minimum atomic E-state index is -3.31. The molecular formula is C6H9NO8. The molecule has 0 amide bonds. The summed E-state index contributed by atoms with van der Waals surface area (Å²) in [6, 6.07) is -1.49. The molecule has 0 spiro atoms. The van der Waals surface area contributed by atoms with Crippen LogP contribution in [0.3, 0.4) is 0 Å². The van der Waals surface area contributed by atoms with Gasteiger partial charge in [-0.05, 0) is 0 Å². The topological polar surface area (TPSA) is 153 Å². The number of aliphatic hydroxyl groups is 2. The van der Waals surface area contributed by atoms with Crippen molar-refractivity contribution >= 4 is 18.4 Å². The molecule has 0 rings (SSSR count). The van der Waals surface area contributed by atoms with Gasteiger partial charge >= 0.3 is 18.2 Å². The Morgan fingerprint density at radius 3 is 2.27 bits per heavy atom. The number of hydrogen-bond donors (Lipinski definition) is 5. The predicted octanol–water partition coefficient (Wildman–Crippen LogP) is -2.09. The van der Waals surface area contributed by atoms with E-state index in [0.717, 1.165) is 0 Å². The van der Waals surface area contributed by atoms with Crippen molar-refractivity contribution in [3.8, 4) is 0 Å². The molecule has 1 atom stereocenters. The van der Waals surface area contributed by atoms with Crippen LogP contribution in [0.1, 0.15) is 6.42 Å². The van der Waals surface area contributed by atoms with E-state index in [9.17, 15) is 14.4 Å². The number of carbonyl (C=O) groups is 3. The summed E-state index contributed by atoms with van der Waals surface area (Å²) in [5.41, 5.74) is 0. The Kier molecular flexibility index (Phi) is 4.64. The van der Waals surface area contributed by atoms with Gasteiger partial charge in [0.15, 0.2) is 0 Å². The fraction of sp³-hybridized carbons (Fsp3) is 0.500. The second-order valence-corrected chi connectivity index (χ2v) is 2.46. The molecule has 0 bridgehead atoms. The molecule has 0 heterocycles. The molecule has 5 N–H and O–H groups in total. The number of nitrogens with one attached hydrogen (secondary N) is 1. The SMILES string of the molecule is O=C[C@H](CC(=O)O)NC(O)(O)OC(=O)O. The van der Waals surface area contributed by atoms with E-state index in [0.29, 0.717) is 0 Å². The lowest BCUT2D eigenvalue weighted by Gasteiger charge is -2.22. The molecule has 0 aromatic heterocycles. The Morgan fingerprint density at radius 2 is 1.93 bits per heavy atom. The van der Waals surface area contributed by atoms with E-state index < -0.39 is 30.7 Å². The molecule has 0 fully saturated rings. The van der Waals surface area contributed by atoms with Crippen LogP contribution >= 0.6 is 0 Å². The number of aliphatic carboxylic acids is 1. The van der Waals surface area contributed by atoms with Crippen molar-refractivity contribution in [2.75, 3.05) is 0 Å². The minimum Gasteiger partial charge on any atom is -0.481 e. The average molecular weight is 223 g/mol. The van der Waals surface area contributed by atoms with E-state index in [1.54, 1.807) is 5.32 Å². The molecule has 0 aromatic carbocycles. The summed E-state index contributed by atoms with van der Waals surface area (Å²) in [7, 11) is 0. The van der Waals surface area contributed by atoms with Gasteiger partial charge in [0.1, 0.15) is 6.29 Å². The number of rotatable bonds is 6. The quantitative estimate of drug-likeness (QED) is 0.193. The Labute approximate surface area is 82.9 Å². The third kappa shape index (κ3) is 6.37. The van der Waals surface area contributed by atoms with E-state index in [1.807, 2.05) is 0 Å². The first-order valence-corrected chi connectivity index (χ1v) is 3.58. The van der Waals surface area contributed by atoms with E-state index in [4.69, 9.17) is 20.4 Å². The van der Waals surface area contributed by atoms with Gasteiger partial charge in [0.2, 0.25) is 0 Å². The van der Waals surface area contributed by atoms with Gasteiger partial charge in [0.25, 0.3) is 0 Å². The van der Waals surface area contributed by atoms with Crippen molar-refractivity contribution in [2.24, 2.45) is 0 Å². The summed E-state index contributed by atoms with van der Waals surface area (Å²) in [4.78, 5) is 30.3. The second kappa shape index (κ2) is 5.24. The maximum atomic E-state index is 10.3. The maximum Gasteiger partial charge on any atom is 0.511 e. The predicted molar refractivity (Wildman–Crippen MR) is 41.5 cm³/mol. The number of carbonyl (C=O) groups excluding carboxylic acids is 1. The van der Waals surface area contributed by atoms with Crippen LogP contribution in [0.2, 0.25) is 0 Å². The maximum absolute atomic E-state index is 10.3. The largest absolute Gasteiger partial charge is 0.511 e. The molecule has 0 saturated heterocycles. The first kappa shape index (κ1) is 13.3. The van der Waals surface area contributed by atoms with Crippen LogP contribution in [-0.2, 0) is 14.3 Å². The zero-order valence-corrected chi connectivity index (χ0v) is 7.28. The first-order valence-electron chi connectivity index (χ1n) is 3.58. The van der Waals surface area contributed by atoms with Crippen molar-refractivity contribution in [1.29, 1.82) is 0 Å². The molecule has 0 aliphatic heterocycles. The Bertz CT molecular complexity index is 262. The van der Waals surface area contributed by atoms with Crippen LogP contribution in [-0.4, -0.2) is 51.0 Å². The Hall–Kier alpha value is -1.71. The highest BCUT2D eigenvalue weighted by molar-refractivity contribution is 5.73. The molecule has 0 aliphatic rings. The second-order valence-electron chi connectivity index (χ2n) is 2.46. The summed E-state index contributed by atoms with van der Waals surface area (Å²) >= 11 is 0. The third-order valence-corrected chi connectivity index (χ3v) is 1.16. The van der Waals surface area contributed by atoms with Crippen molar-refractivity contribution < 1.29 is 39.5 Å². The standard InChI is InChI=1S/C6H9NO8/c8-2-3(1-4(9)10)7-6(13,14)15-5(11)12/h2-3,7,13-14H,1H2,(H,9,10)(H,11,12)/t3-/m0/s1. The zero-order chi connectivity index (χ0) is 12.1. The molecule has 0 unspecified atom stereocenters. The van der Waals surface area contributed by atoms with Crippen molar-refractivity contribution in [2.45, 2.75) is 18.6 Å². The lowest BCUT2D eigenvalue weighted by atomic mass is 10.2. The molecule has 86 valence electrons. The van der Waals surface area contributed by atoms with Gasteiger partial charge in [0, 0.05) is 0 Å². The summed E-state index contributed by atoms with van der Waals surface area (Å²) in [5, 5.41) is 35.4.